The molecule has 0 radical (unpaired) electrons. The van der Waals surface area contributed by atoms with Crippen LogP contribution in [0.15, 0.2) is 24.3 Å². The Morgan fingerprint density at radius 2 is 2.07 bits per heavy atom. The molecule has 1 aliphatic heterocycles. The molecule has 27 heavy (non-hydrogen) atoms. The van der Waals surface area contributed by atoms with Crippen molar-refractivity contribution in [1.29, 1.82) is 0 Å². The Labute approximate surface area is 159 Å². The van der Waals surface area contributed by atoms with Gasteiger partial charge in [-0.3, -0.25) is 14.9 Å². The highest BCUT2D eigenvalue weighted by atomic mass is 32.1. The minimum atomic E-state index is -0.763. The monoisotopic (exact) mass is 393 g/mol. The van der Waals surface area contributed by atoms with Gasteiger partial charge in [-0.25, -0.2) is 4.39 Å². The Morgan fingerprint density at radius 3 is 2.63 bits per heavy atom. The summed E-state index contributed by atoms with van der Waals surface area (Å²) >= 11 is 1.45. The van der Waals surface area contributed by atoms with Crippen molar-refractivity contribution in [2.45, 2.75) is 25.8 Å². The van der Waals surface area contributed by atoms with Crippen molar-refractivity contribution >= 4 is 28.6 Å². The molecule has 1 saturated heterocycles. The van der Waals surface area contributed by atoms with E-state index < -0.39 is 10.7 Å². The summed E-state index contributed by atoms with van der Waals surface area (Å²) in [5.41, 5.74) is 0.0433. The van der Waals surface area contributed by atoms with Crippen LogP contribution in [0.5, 0.6) is 5.75 Å². The second-order valence-electron chi connectivity index (χ2n) is 6.38. The number of amides is 1. The lowest BCUT2D eigenvalue weighted by Gasteiger charge is -2.33. The molecule has 1 aliphatic rings. The van der Waals surface area contributed by atoms with E-state index in [1.54, 1.807) is 6.07 Å². The van der Waals surface area contributed by atoms with Gasteiger partial charge >= 0.3 is 0 Å². The number of aryl methyl sites for hydroxylation is 1. The van der Waals surface area contributed by atoms with E-state index in [4.69, 9.17) is 4.74 Å². The third kappa shape index (κ3) is 4.19. The van der Waals surface area contributed by atoms with Crippen LogP contribution in [-0.4, -0.2) is 37.1 Å². The van der Waals surface area contributed by atoms with Gasteiger partial charge in [-0.2, -0.15) is 0 Å². The Hall–Kier alpha value is -2.68. The zero-order valence-electron chi connectivity index (χ0n) is 15.0. The fourth-order valence-electron chi connectivity index (χ4n) is 3.17. The number of piperidine rings is 1. The minimum absolute atomic E-state index is 0.00226. The molecule has 3 rings (SSSR count). The maximum Gasteiger partial charge on any atom is 0.295 e. The van der Waals surface area contributed by atoms with E-state index in [-0.39, 0.29) is 23.4 Å². The molecule has 2 aromatic rings. The molecule has 0 atom stereocenters. The average Bonchev–Trinajstić information content (AvgIpc) is 3.08. The molecule has 1 aromatic heterocycles. The Balaban J connectivity index is 1.68. The first-order chi connectivity index (χ1) is 12.9. The molecule has 0 unspecified atom stereocenters. The van der Waals surface area contributed by atoms with E-state index in [9.17, 15) is 19.3 Å². The molecular formula is C18H20FN3O4S. The third-order valence-corrected chi connectivity index (χ3v) is 5.58. The predicted molar refractivity (Wildman–Crippen MR) is 101 cm³/mol. The zero-order chi connectivity index (χ0) is 19.6. The summed E-state index contributed by atoms with van der Waals surface area (Å²) < 4.78 is 18.8. The molecule has 144 valence electrons. The van der Waals surface area contributed by atoms with Crippen LogP contribution >= 0.6 is 11.3 Å². The SMILES string of the molecule is COc1cc(N2CCC(NC(=O)c3ccc(C)s3)CC2)c([N+](=O)[O-])cc1F. The van der Waals surface area contributed by atoms with Gasteiger partial charge in [0.15, 0.2) is 11.6 Å². The average molecular weight is 393 g/mol. The van der Waals surface area contributed by atoms with Crippen LogP contribution < -0.4 is 15.0 Å². The van der Waals surface area contributed by atoms with Crippen molar-refractivity contribution in [2.24, 2.45) is 0 Å². The molecule has 7 nitrogen and oxygen atoms in total. The van der Waals surface area contributed by atoms with Gasteiger partial charge < -0.3 is 15.0 Å². The second kappa shape index (κ2) is 7.91. The van der Waals surface area contributed by atoms with E-state index in [2.05, 4.69) is 5.32 Å². The lowest BCUT2D eigenvalue weighted by atomic mass is 10.0. The number of methoxy groups -OCH3 is 1. The maximum absolute atomic E-state index is 13.8. The van der Waals surface area contributed by atoms with Crippen molar-refractivity contribution in [3.05, 3.63) is 50.0 Å². The van der Waals surface area contributed by atoms with Crippen LogP contribution in [0.3, 0.4) is 0 Å². The number of halogens is 1. The molecule has 1 aromatic carbocycles. The fraction of sp³-hybridized carbons (Fsp3) is 0.389. The molecule has 2 heterocycles. The van der Waals surface area contributed by atoms with Crippen LogP contribution in [0.2, 0.25) is 0 Å². The number of rotatable bonds is 5. The zero-order valence-corrected chi connectivity index (χ0v) is 15.8. The largest absolute Gasteiger partial charge is 0.494 e. The van der Waals surface area contributed by atoms with Crippen molar-refractivity contribution < 1.29 is 18.8 Å². The molecule has 9 heteroatoms. The van der Waals surface area contributed by atoms with Crippen LogP contribution in [0.4, 0.5) is 15.8 Å². The second-order valence-corrected chi connectivity index (χ2v) is 7.67. The van der Waals surface area contributed by atoms with Crippen molar-refractivity contribution in [3.8, 4) is 5.75 Å². The summed E-state index contributed by atoms with van der Waals surface area (Å²) in [4.78, 5) is 26.6. The Morgan fingerprint density at radius 1 is 1.37 bits per heavy atom. The number of ether oxygens (including phenoxy) is 1. The van der Waals surface area contributed by atoms with Gasteiger partial charge in [-0.05, 0) is 31.9 Å². The van der Waals surface area contributed by atoms with E-state index >= 15 is 0 Å². The van der Waals surface area contributed by atoms with E-state index in [1.807, 2.05) is 17.9 Å². The first-order valence-corrected chi connectivity index (χ1v) is 9.35. The Bertz CT molecular complexity index is 862. The lowest BCUT2D eigenvalue weighted by Crippen LogP contribution is -2.44. The van der Waals surface area contributed by atoms with Crippen molar-refractivity contribution in [3.63, 3.8) is 0 Å². The number of hydrogen-bond donors (Lipinski definition) is 1. The smallest absolute Gasteiger partial charge is 0.295 e. The highest BCUT2D eigenvalue weighted by Crippen LogP contribution is 2.35. The van der Waals surface area contributed by atoms with Gasteiger partial charge in [0.1, 0.15) is 5.69 Å². The van der Waals surface area contributed by atoms with Crippen molar-refractivity contribution in [2.75, 3.05) is 25.1 Å². The number of carbonyl (C=O) groups excluding carboxylic acids is 1. The molecular weight excluding hydrogens is 373 g/mol. The number of benzene rings is 1. The third-order valence-electron chi connectivity index (χ3n) is 4.58. The summed E-state index contributed by atoms with van der Waals surface area (Å²) in [6.45, 7) is 2.98. The highest BCUT2D eigenvalue weighted by Gasteiger charge is 2.28. The first kappa shape index (κ1) is 19.1. The van der Waals surface area contributed by atoms with Gasteiger partial charge in [0.2, 0.25) is 0 Å². The number of nitrogens with one attached hydrogen (secondary N) is 1. The number of nitrogens with zero attached hydrogens (tertiary/aromatic N) is 2. The first-order valence-electron chi connectivity index (χ1n) is 8.53. The topological polar surface area (TPSA) is 84.7 Å². The molecule has 0 saturated carbocycles. The predicted octanol–water partition coefficient (Wildman–Crippen LogP) is 3.51. The summed E-state index contributed by atoms with van der Waals surface area (Å²) in [7, 11) is 1.32. The summed E-state index contributed by atoms with van der Waals surface area (Å²) in [5.74, 6) is -0.888. The number of hydrogen-bond acceptors (Lipinski definition) is 6. The lowest BCUT2D eigenvalue weighted by molar-refractivity contribution is -0.384. The van der Waals surface area contributed by atoms with Gasteiger partial charge in [0.05, 0.1) is 23.0 Å². The quantitative estimate of drug-likeness (QED) is 0.621. The normalized spacial score (nSPS) is 14.9. The van der Waals surface area contributed by atoms with E-state index in [0.717, 1.165) is 10.9 Å². The fourth-order valence-corrected chi connectivity index (χ4v) is 3.94. The standard InChI is InChI=1S/C18H20FN3O4S/c1-11-3-4-17(27-11)18(23)20-12-5-7-21(8-6-12)14-10-16(26-2)13(19)9-15(14)22(24)25/h3-4,9-10,12H,5-8H2,1-2H3,(H,20,23). The van der Waals surface area contributed by atoms with Crippen LogP contribution in [-0.2, 0) is 0 Å². The van der Waals surface area contributed by atoms with E-state index in [1.165, 1.54) is 24.5 Å². The number of nitro benzene ring substituents is 1. The number of carbonyl (C=O) groups is 1. The molecule has 0 aliphatic carbocycles. The minimum Gasteiger partial charge on any atom is -0.494 e. The molecule has 1 N–H and O–H groups in total. The summed E-state index contributed by atoms with van der Waals surface area (Å²) in [6, 6.07) is 5.96. The molecule has 0 bridgehead atoms. The number of thiophene rings is 1. The number of nitro groups is 1. The van der Waals surface area contributed by atoms with Gasteiger partial charge in [-0.1, -0.05) is 0 Å². The summed E-state index contributed by atoms with van der Waals surface area (Å²) in [6.07, 6.45) is 1.29. The van der Waals surface area contributed by atoms with Crippen LogP contribution in [0.25, 0.3) is 0 Å². The Kier molecular flexibility index (Phi) is 5.59. The highest BCUT2D eigenvalue weighted by molar-refractivity contribution is 7.13. The molecule has 1 amide bonds. The van der Waals surface area contributed by atoms with E-state index in [0.29, 0.717) is 36.5 Å². The van der Waals surface area contributed by atoms with Gasteiger partial charge in [0, 0.05) is 30.1 Å². The van der Waals surface area contributed by atoms with Crippen LogP contribution in [0.1, 0.15) is 27.4 Å². The van der Waals surface area contributed by atoms with Gasteiger partial charge in [-0.15, -0.1) is 11.3 Å². The van der Waals surface area contributed by atoms with Gasteiger partial charge in [0.25, 0.3) is 11.6 Å². The maximum atomic E-state index is 13.8. The van der Waals surface area contributed by atoms with Crippen LogP contribution in [0, 0.1) is 22.9 Å². The van der Waals surface area contributed by atoms with Crippen molar-refractivity contribution in [1.82, 2.24) is 5.32 Å². The molecule has 0 spiro atoms. The summed E-state index contributed by atoms with van der Waals surface area (Å²) in [5, 5.41) is 14.3. The molecule has 1 fully saturated rings. The number of anilines is 1.